The fraction of sp³-hybridized carbons (Fsp3) is 0.179. The van der Waals surface area contributed by atoms with Crippen LogP contribution in [0.1, 0.15) is 33.1 Å². The first-order chi connectivity index (χ1) is 17.0. The van der Waals surface area contributed by atoms with E-state index in [1.54, 1.807) is 6.26 Å². The van der Waals surface area contributed by atoms with Crippen LogP contribution in [-0.2, 0) is 6.54 Å². The first-order valence-electron chi connectivity index (χ1n) is 11.4. The summed E-state index contributed by atoms with van der Waals surface area (Å²) >= 11 is 1.41. The summed E-state index contributed by atoms with van der Waals surface area (Å²) in [5.41, 5.74) is 5.79. The number of benzene rings is 2. The molecule has 35 heavy (non-hydrogen) atoms. The molecule has 0 aliphatic rings. The molecule has 7 heteroatoms. The van der Waals surface area contributed by atoms with Gasteiger partial charge in [-0.25, -0.2) is 0 Å². The number of carbonyl (C=O) groups excluding carboxylic acids is 1. The van der Waals surface area contributed by atoms with Crippen LogP contribution in [0.25, 0.3) is 17.1 Å². The van der Waals surface area contributed by atoms with Gasteiger partial charge in [0, 0.05) is 28.2 Å². The van der Waals surface area contributed by atoms with Gasteiger partial charge in [0.25, 0.3) is 0 Å². The summed E-state index contributed by atoms with van der Waals surface area (Å²) in [6, 6.07) is 24.0. The number of nitrogens with zero attached hydrogens (tertiary/aromatic N) is 4. The molecule has 6 nitrogen and oxygen atoms in total. The molecule has 0 aliphatic heterocycles. The van der Waals surface area contributed by atoms with Crippen LogP contribution in [0.5, 0.6) is 0 Å². The highest BCUT2D eigenvalue weighted by atomic mass is 32.2. The van der Waals surface area contributed by atoms with Gasteiger partial charge in [0.1, 0.15) is 5.76 Å². The standard InChI is InChI=1S/C28H26N4O2S/c1-19-9-7-10-22(15-19)27-29-30-28(32(27)23-11-5-4-6-12-23)35-18-26(33)25-16-20(2)31(21(25)3)17-24-13-8-14-34-24/h4-16H,17-18H2,1-3H3. The quantitative estimate of drug-likeness (QED) is 0.192. The van der Waals surface area contributed by atoms with Gasteiger partial charge in [-0.2, -0.15) is 0 Å². The molecule has 0 unspecified atom stereocenters. The van der Waals surface area contributed by atoms with Crippen LogP contribution in [0.3, 0.4) is 0 Å². The Labute approximate surface area is 208 Å². The van der Waals surface area contributed by atoms with E-state index in [9.17, 15) is 4.79 Å². The fourth-order valence-electron chi connectivity index (χ4n) is 4.24. The number of thioether (sulfide) groups is 1. The monoisotopic (exact) mass is 482 g/mol. The molecule has 0 fully saturated rings. The van der Waals surface area contributed by atoms with Crippen LogP contribution in [0.4, 0.5) is 0 Å². The molecule has 5 rings (SSSR count). The third-order valence-electron chi connectivity index (χ3n) is 6.02. The van der Waals surface area contributed by atoms with E-state index in [2.05, 4.69) is 33.8 Å². The molecule has 0 aliphatic carbocycles. The van der Waals surface area contributed by atoms with Gasteiger partial charge in [-0.15, -0.1) is 10.2 Å². The van der Waals surface area contributed by atoms with E-state index in [1.807, 2.05) is 79.1 Å². The van der Waals surface area contributed by atoms with E-state index in [0.29, 0.717) is 11.7 Å². The van der Waals surface area contributed by atoms with E-state index in [4.69, 9.17) is 4.42 Å². The first kappa shape index (κ1) is 22.9. The van der Waals surface area contributed by atoms with Crippen molar-refractivity contribution in [2.24, 2.45) is 0 Å². The van der Waals surface area contributed by atoms with Gasteiger partial charge >= 0.3 is 0 Å². The maximum absolute atomic E-state index is 13.3. The number of Topliss-reactive ketones (excluding diaryl/α,β-unsaturated/α-hetero) is 1. The average molecular weight is 483 g/mol. The van der Waals surface area contributed by atoms with Gasteiger partial charge in [-0.05, 0) is 57.2 Å². The molecule has 0 saturated heterocycles. The number of hydrogen-bond donors (Lipinski definition) is 0. The lowest BCUT2D eigenvalue weighted by atomic mass is 10.1. The van der Waals surface area contributed by atoms with E-state index >= 15 is 0 Å². The predicted octanol–water partition coefficient (Wildman–Crippen LogP) is 6.28. The highest BCUT2D eigenvalue weighted by Crippen LogP contribution is 2.29. The second-order valence-electron chi connectivity index (χ2n) is 8.51. The number of carbonyl (C=O) groups is 1. The molecule has 0 spiro atoms. The van der Waals surface area contributed by atoms with E-state index in [-0.39, 0.29) is 11.5 Å². The smallest absolute Gasteiger partial charge is 0.196 e. The Bertz CT molecular complexity index is 1470. The number of para-hydroxylation sites is 1. The number of aromatic nitrogens is 4. The van der Waals surface area contributed by atoms with Crippen molar-refractivity contribution in [2.45, 2.75) is 32.5 Å². The molecule has 0 bridgehead atoms. The van der Waals surface area contributed by atoms with Crippen LogP contribution in [0, 0.1) is 20.8 Å². The summed E-state index contributed by atoms with van der Waals surface area (Å²) in [7, 11) is 0. The first-order valence-corrected chi connectivity index (χ1v) is 12.4. The molecule has 176 valence electrons. The van der Waals surface area contributed by atoms with Crippen molar-refractivity contribution in [3.63, 3.8) is 0 Å². The third kappa shape index (κ3) is 4.72. The minimum atomic E-state index is 0.0634. The molecule has 3 aromatic heterocycles. The molecular weight excluding hydrogens is 456 g/mol. The molecule has 0 amide bonds. The van der Waals surface area contributed by atoms with E-state index in [0.717, 1.165) is 45.4 Å². The lowest BCUT2D eigenvalue weighted by molar-refractivity contribution is 0.102. The van der Waals surface area contributed by atoms with Crippen molar-refractivity contribution in [1.82, 2.24) is 19.3 Å². The highest BCUT2D eigenvalue weighted by Gasteiger charge is 2.20. The molecule has 2 aromatic carbocycles. The predicted molar refractivity (Wildman–Crippen MR) is 138 cm³/mol. The van der Waals surface area contributed by atoms with Gasteiger partial charge in [0.2, 0.25) is 0 Å². The SMILES string of the molecule is Cc1cccc(-c2nnc(SCC(=O)c3cc(C)n(Cc4ccco4)c3C)n2-c2ccccc2)c1. The van der Waals surface area contributed by atoms with Crippen molar-refractivity contribution in [3.8, 4) is 17.1 Å². The summed E-state index contributed by atoms with van der Waals surface area (Å²) in [6.45, 7) is 6.66. The van der Waals surface area contributed by atoms with Gasteiger partial charge in [0.05, 0.1) is 18.6 Å². The highest BCUT2D eigenvalue weighted by molar-refractivity contribution is 7.99. The van der Waals surface area contributed by atoms with Gasteiger partial charge in [-0.3, -0.25) is 9.36 Å². The number of aryl methyl sites for hydroxylation is 2. The van der Waals surface area contributed by atoms with Crippen LogP contribution in [0.2, 0.25) is 0 Å². The molecule has 0 radical (unpaired) electrons. The normalized spacial score (nSPS) is 11.2. The Balaban J connectivity index is 1.42. The van der Waals surface area contributed by atoms with Crippen molar-refractivity contribution in [1.29, 1.82) is 0 Å². The second kappa shape index (κ2) is 9.80. The topological polar surface area (TPSA) is 65.8 Å². The summed E-state index contributed by atoms with van der Waals surface area (Å²) in [6.07, 6.45) is 1.67. The van der Waals surface area contributed by atoms with Crippen molar-refractivity contribution < 1.29 is 9.21 Å². The van der Waals surface area contributed by atoms with Crippen molar-refractivity contribution >= 4 is 17.5 Å². The van der Waals surface area contributed by atoms with Crippen LogP contribution < -0.4 is 0 Å². The zero-order chi connectivity index (χ0) is 24.4. The maximum atomic E-state index is 13.3. The minimum absolute atomic E-state index is 0.0634. The molecule has 0 N–H and O–H groups in total. The Hall–Kier alpha value is -3.84. The molecule has 3 heterocycles. The average Bonchev–Trinajstić information content (AvgIpc) is 3.59. The Morgan fingerprint density at radius 2 is 1.77 bits per heavy atom. The summed E-state index contributed by atoms with van der Waals surface area (Å²) in [5, 5.41) is 9.65. The van der Waals surface area contributed by atoms with Crippen LogP contribution in [-0.4, -0.2) is 30.9 Å². The zero-order valence-electron chi connectivity index (χ0n) is 19.9. The number of ketones is 1. The zero-order valence-corrected chi connectivity index (χ0v) is 20.7. The van der Waals surface area contributed by atoms with Crippen molar-refractivity contribution in [2.75, 3.05) is 5.75 Å². The van der Waals surface area contributed by atoms with Crippen molar-refractivity contribution in [3.05, 3.63) is 107 Å². The molecular formula is C28H26N4O2S. The molecule has 0 saturated carbocycles. The van der Waals surface area contributed by atoms with E-state index < -0.39 is 0 Å². The fourth-order valence-corrected chi connectivity index (χ4v) is 5.07. The second-order valence-corrected chi connectivity index (χ2v) is 9.45. The van der Waals surface area contributed by atoms with Crippen LogP contribution >= 0.6 is 11.8 Å². The van der Waals surface area contributed by atoms with E-state index in [1.165, 1.54) is 11.8 Å². The Morgan fingerprint density at radius 1 is 0.943 bits per heavy atom. The number of furan rings is 1. The van der Waals surface area contributed by atoms with Gasteiger partial charge < -0.3 is 8.98 Å². The van der Waals surface area contributed by atoms with Gasteiger partial charge in [0.15, 0.2) is 16.8 Å². The maximum Gasteiger partial charge on any atom is 0.196 e. The molecule has 0 atom stereocenters. The minimum Gasteiger partial charge on any atom is -0.467 e. The number of hydrogen-bond acceptors (Lipinski definition) is 5. The third-order valence-corrected chi connectivity index (χ3v) is 6.95. The Kier molecular flexibility index (Phi) is 6.42. The lowest BCUT2D eigenvalue weighted by Gasteiger charge is -2.11. The van der Waals surface area contributed by atoms with Crippen LogP contribution in [0.15, 0.2) is 88.6 Å². The number of rotatable bonds is 8. The largest absolute Gasteiger partial charge is 0.467 e. The molecule has 5 aromatic rings. The summed E-state index contributed by atoms with van der Waals surface area (Å²) < 4.78 is 9.63. The Morgan fingerprint density at radius 3 is 2.51 bits per heavy atom. The van der Waals surface area contributed by atoms with Gasteiger partial charge in [-0.1, -0.05) is 53.7 Å². The summed E-state index contributed by atoms with van der Waals surface area (Å²) in [4.78, 5) is 13.3. The summed E-state index contributed by atoms with van der Waals surface area (Å²) in [5.74, 6) is 1.95. The lowest BCUT2D eigenvalue weighted by Crippen LogP contribution is -2.08.